The summed E-state index contributed by atoms with van der Waals surface area (Å²) in [6.45, 7) is 8.95. The zero-order chi connectivity index (χ0) is 14.8. The molecule has 0 radical (unpaired) electrons. The average molecular weight is 298 g/mol. The van der Waals surface area contributed by atoms with Gasteiger partial charge in [-0.1, -0.05) is 26.8 Å². The summed E-state index contributed by atoms with van der Waals surface area (Å²) in [5.41, 5.74) is 1.98. The minimum Gasteiger partial charge on any atom is -0.371 e. The highest BCUT2D eigenvalue weighted by Crippen LogP contribution is 2.36. The molecule has 1 aliphatic rings. The fourth-order valence-electron chi connectivity index (χ4n) is 3.18. The molecule has 112 valence electrons. The smallest absolute Gasteiger partial charge is 0.129 e. The first-order valence-electron chi connectivity index (χ1n) is 7.52. The molecule has 1 nitrogen and oxygen atoms in total. The molecule has 1 unspecified atom stereocenters. The van der Waals surface area contributed by atoms with Crippen molar-refractivity contribution < 1.29 is 4.39 Å². The van der Waals surface area contributed by atoms with Crippen molar-refractivity contribution in [1.82, 2.24) is 0 Å². The largest absolute Gasteiger partial charge is 0.371 e. The SMILES string of the molecule is CC(C)(C)C1CCCN(c2cccc(F)c2CCl)CC1. The van der Waals surface area contributed by atoms with Gasteiger partial charge in [0.15, 0.2) is 0 Å². The third-order valence-electron chi connectivity index (χ3n) is 4.52. The minimum absolute atomic E-state index is 0.186. The maximum atomic E-state index is 13.9. The van der Waals surface area contributed by atoms with Gasteiger partial charge in [-0.3, -0.25) is 0 Å². The molecule has 1 fully saturated rings. The summed E-state index contributed by atoms with van der Waals surface area (Å²) in [5, 5.41) is 0. The third-order valence-corrected chi connectivity index (χ3v) is 4.79. The Morgan fingerprint density at radius 2 is 2.00 bits per heavy atom. The van der Waals surface area contributed by atoms with Gasteiger partial charge in [0.25, 0.3) is 0 Å². The summed E-state index contributed by atoms with van der Waals surface area (Å²) >= 11 is 5.93. The lowest BCUT2D eigenvalue weighted by molar-refractivity contribution is 0.220. The predicted octanol–water partition coefficient (Wildman–Crippen LogP) is 5.22. The zero-order valence-electron chi connectivity index (χ0n) is 12.8. The highest BCUT2D eigenvalue weighted by Gasteiger charge is 2.27. The van der Waals surface area contributed by atoms with Crippen LogP contribution in [0.5, 0.6) is 0 Å². The van der Waals surface area contributed by atoms with Crippen LogP contribution in [0.2, 0.25) is 0 Å². The Hall–Kier alpha value is -0.760. The number of hydrogen-bond acceptors (Lipinski definition) is 1. The lowest BCUT2D eigenvalue weighted by Crippen LogP contribution is -2.27. The van der Waals surface area contributed by atoms with Crippen molar-refractivity contribution in [2.45, 2.75) is 45.9 Å². The van der Waals surface area contributed by atoms with E-state index in [0.29, 0.717) is 11.0 Å². The summed E-state index contributed by atoms with van der Waals surface area (Å²) in [7, 11) is 0. The van der Waals surface area contributed by atoms with E-state index in [1.165, 1.54) is 25.3 Å². The van der Waals surface area contributed by atoms with Gasteiger partial charge < -0.3 is 4.90 Å². The standard InChI is InChI=1S/C17H25ClFN/c1-17(2,3)13-6-5-10-20(11-9-13)16-8-4-7-15(19)14(16)12-18/h4,7-8,13H,5-6,9-12H2,1-3H3. The molecule has 0 bridgehead atoms. The Labute approximate surface area is 127 Å². The fourth-order valence-corrected chi connectivity index (χ4v) is 3.44. The van der Waals surface area contributed by atoms with E-state index in [2.05, 4.69) is 25.7 Å². The highest BCUT2D eigenvalue weighted by atomic mass is 35.5. The Morgan fingerprint density at radius 3 is 2.65 bits per heavy atom. The molecule has 0 N–H and O–H groups in total. The van der Waals surface area contributed by atoms with E-state index >= 15 is 0 Å². The van der Waals surface area contributed by atoms with E-state index in [1.54, 1.807) is 6.07 Å². The molecule has 0 aliphatic carbocycles. The Bertz CT molecular complexity index is 453. The topological polar surface area (TPSA) is 3.24 Å². The molecule has 1 atom stereocenters. The molecule has 0 amide bonds. The van der Waals surface area contributed by atoms with Crippen LogP contribution in [-0.4, -0.2) is 13.1 Å². The van der Waals surface area contributed by atoms with Crippen LogP contribution in [0, 0.1) is 17.2 Å². The maximum Gasteiger partial charge on any atom is 0.129 e. The van der Waals surface area contributed by atoms with Gasteiger partial charge in [-0.05, 0) is 42.7 Å². The number of benzene rings is 1. The van der Waals surface area contributed by atoms with Gasteiger partial charge in [-0.2, -0.15) is 0 Å². The van der Waals surface area contributed by atoms with Gasteiger partial charge in [0.2, 0.25) is 0 Å². The van der Waals surface area contributed by atoms with Crippen molar-refractivity contribution in [3.8, 4) is 0 Å². The van der Waals surface area contributed by atoms with Crippen molar-refractivity contribution in [3.05, 3.63) is 29.6 Å². The Balaban J connectivity index is 2.17. The summed E-state index contributed by atoms with van der Waals surface area (Å²) in [4.78, 5) is 2.31. The molecular formula is C17H25ClFN. The molecule has 0 saturated carbocycles. The van der Waals surface area contributed by atoms with Crippen LogP contribution in [-0.2, 0) is 5.88 Å². The number of alkyl halides is 1. The third kappa shape index (κ3) is 3.46. The van der Waals surface area contributed by atoms with Gasteiger partial charge in [-0.25, -0.2) is 4.39 Å². The lowest BCUT2D eigenvalue weighted by atomic mass is 9.77. The van der Waals surface area contributed by atoms with E-state index in [-0.39, 0.29) is 11.7 Å². The van der Waals surface area contributed by atoms with E-state index in [9.17, 15) is 4.39 Å². The van der Waals surface area contributed by atoms with Crippen molar-refractivity contribution >= 4 is 17.3 Å². The first kappa shape index (κ1) is 15.6. The lowest BCUT2D eigenvalue weighted by Gasteiger charge is -2.30. The zero-order valence-corrected chi connectivity index (χ0v) is 13.5. The Kier molecular flexibility index (Phi) is 4.95. The molecule has 1 aromatic carbocycles. The van der Waals surface area contributed by atoms with Crippen molar-refractivity contribution in [2.75, 3.05) is 18.0 Å². The molecule has 1 aliphatic heterocycles. The molecule has 2 rings (SSSR count). The van der Waals surface area contributed by atoms with Gasteiger partial charge in [-0.15, -0.1) is 11.6 Å². The first-order chi connectivity index (χ1) is 9.43. The van der Waals surface area contributed by atoms with Crippen molar-refractivity contribution in [3.63, 3.8) is 0 Å². The van der Waals surface area contributed by atoms with Crippen LogP contribution >= 0.6 is 11.6 Å². The monoisotopic (exact) mass is 297 g/mol. The summed E-state index contributed by atoms with van der Waals surface area (Å²) in [6, 6.07) is 5.28. The van der Waals surface area contributed by atoms with Crippen LogP contribution < -0.4 is 4.90 Å². The highest BCUT2D eigenvalue weighted by molar-refractivity contribution is 6.17. The summed E-state index contributed by atoms with van der Waals surface area (Å²) in [5.74, 6) is 0.788. The average Bonchev–Trinajstić information content (AvgIpc) is 2.63. The normalized spacial score (nSPS) is 20.9. The number of nitrogens with zero attached hydrogens (tertiary/aromatic N) is 1. The number of rotatable bonds is 2. The van der Waals surface area contributed by atoms with Gasteiger partial charge >= 0.3 is 0 Å². The molecule has 1 heterocycles. The molecule has 0 spiro atoms. The molecule has 1 saturated heterocycles. The van der Waals surface area contributed by atoms with Crippen LogP contribution in [0.4, 0.5) is 10.1 Å². The molecule has 3 heteroatoms. The van der Waals surface area contributed by atoms with Crippen molar-refractivity contribution in [2.24, 2.45) is 11.3 Å². The second kappa shape index (κ2) is 6.34. The predicted molar refractivity (Wildman–Crippen MR) is 85.0 cm³/mol. The maximum absolute atomic E-state index is 13.9. The fraction of sp³-hybridized carbons (Fsp3) is 0.647. The van der Waals surface area contributed by atoms with Crippen molar-refractivity contribution in [1.29, 1.82) is 0 Å². The molecule has 0 aromatic heterocycles. The van der Waals surface area contributed by atoms with Crippen LogP contribution in [0.25, 0.3) is 0 Å². The van der Waals surface area contributed by atoms with Crippen LogP contribution in [0.3, 0.4) is 0 Å². The Morgan fingerprint density at radius 1 is 1.25 bits per heavy atom. The van der Waals surface area contributed by atoms with E-state index in [4.69, 9.17) is 11.6 Å². The van der Waals surface area contributed by atoms with Crippen LogP contribution in [0.1, 0.15) is 45.6 Å². The molecule has 1 aromatic rings. The summed E-state index contributed by atoms with van der Waals surface area (Å²) in [6.07, 6.45) is 3.59. The van der Waals surface area contributed by atoms with Crippen LogP contribution in [0.15, 0.2) is 18.2 Å². The van der Waals surface area contributed by atoms with Gasteiger partial charge in [0, 0.05) is 24.3 Å². The van der Waals surface area contributed by atoms with Gasteiger partial charge in [0.1, 0.15) is 5.82 Å². The number of hydrogen-bond donors (Lipinski definition) is 0. The minimum atomic E-state index is -0.186. The van der Waals surface area contributed by atoms with Gasteiger partial charge in [0.05, 0.1) is 5.88 Å². The van der Waals surface area contributed by atoms with E-state index in [0.717, 1.165) is 24.7 Å². The second-order valence-electron chi connectivity index (χ2n) is 6.85. The second-order valence-corrected chi connectivity index (χ2v) is 7.12. The number of halogens is 2. The number of anilines is 1. The first-order valence-corrected chi connectivity index (χ1v) is 8.05. The van der Waals surface area contributed by atoms with E-state index < -0.39 is 0 Å². The summed E-state index contributed by atoms with van der Waals surface area (Å²) < 4.78 is 13.9. The molecular weight excluding hydrogens is 273 g/mol. The molecule has 20 heavy (non-hydrogen) atoms. The quantitative estimate of drug-likeness (QED) is 0.677. The van der Waals surface area contributed by atoms with E-state index in [1.807, 2.05) is 6.07 Å².